The molecule has 3 heterocycles. The fourth-order valence-electron chi connectivity index (χ4n) is 4.11. The Bertz CT molecular complexity index is 857. The number of benzene rings is 1. The molecule has 0 N–H and O–H groups in total. The van der Waals surface area contributed by atoms with Crippen molar-refractivity contribution in [1.82, 2.24) is 18.5 Å². The van der Waals surface area contributed by atoms with Gasteiger partial charge in [0.25, 0.3) is 10.2 Å². The van der Waals surface area contributed by atoms with Crippen LogP contribution in [0.25, 0.3) is 10.2 Å². The molecule has 8 heteroatoms. The predicted octanol–water partition coefficient (Wildman–Crippen LogP) is 3.09. The number of para-hydroxylation sites is 1. The molecular formula is C19H28N4O2S2. The summed E-state index contributed by atoms with van der Waals surface area (Å²) in [4.78, 5) is 7.13. The van der Waals surface area contributed by atoms with Crippen molar-refractivity contribution in [1.29, 1.82) is 0 Å². The highest BCUT2D eigenvalue weighted by Crippen LogP contribution is 2.30. The van der Waals surface area contributed by atoms with E-state index in [1.165, 1.54) is 4.70 Å². The lowest BCUT2D eigenvalue weighted by Gasteiger charge is -2.41. The average Bonchev–Trinajstić information content (AvgIpc) is 3.12. The smallest absolute Gasteiger partial charge is 0.282 e. The standard InChI is InChI=1S/C19H28N4O2S2/c1-15-7-5-6-10-23(15)27(24,25)22-13-11-21(12-14-22)16(2)19-20-17-8-3-4-9-18(17)26-19/h3-4,8-9,15-16H,5-7,10-14H2,1-2H3. The summed E-state index contributed by atoms with van der Waals surface area (Å²) in [5.41, 5.74) is 1.05. The van der Waals surface area contributed by atoms with Crippen LogP contribution in [0.5, 0.6) is 0 Å². The van der Waals surface area contributed by atoms with Gasteiger partial charge in [-0.25, -0.2) is 4.98 Å². The number of rotatable bonds is 4. The highest BCUT2D eigenvalue weighted by Gasteiger charge is 2.37. The van der Waals surface area contributed by atoms with Gasteiger partial charge in [-0.3, -0.25) is 4.90 Å². The van der Waals surface area contributed by atoms with Crippen LogP contribution in [-0.4, -0.2) is 65.7 Å². The molecule has 0 spiro atoms. The van der Waals surface area contributed by atoms with Crippen molar-refractivity contribution in [2.24, 2.45) is 0 Å². The number of hydrogen-bond acceptors (Lipinski definition) is 5. The number of hydrogen-bond donors (Lipinski definition) is 0. The summed E-state index contributed by atoms with van der Waals surface area (Å²) in [5.74, 6) is 0. The highest BCUT2D eigenvalue weighted by molar-refractivity contribution is 7.86. The van der Waals surface area contributed by atoms with Gasteiger partial charge in [0.15, 0.2) is 0 Å². The number of piperidine rings is 1. The third kappa shape index (κ3) is 3.78. The molecule has 148 valence electrons. The van der Waals surface area contributed by atoms with E-state index >= 15 is 0 Å². The number of piperazine rings is 1. The van der Waals surface area contributed by atoms with Crippen LogP contribution in [0.4, 0.5) is 0 Å². The first-order valence-electron chi connectivity index (χ1n) is 9.83. The van der Waals surface area contributed by atoms with E-state index in [-0.39, 0.29) is 12.1 Å². The Morgan fingerprint density at radius 2 is 1.85 bits per heavy atom. The largest absolute Gasteiger partial charge is 0.292 e. The second kappa shape index (κ2) is 7.75. The first-order chi connectivity index (χ1) is 13.0. The van der Waals surface area contributed by atoms with Crippen LogP contribution in [0, 0.1) is 0 Å². The quantitative estimate of drug-likeness (QED) is 0.780. The molecule has 2 aromatic rings. The SMILES string of the molecule is CC(c1nc2ccccc2s1)N1CCN(S(=O)(=O)N2CCCCC2C)CC1. The maximum absolute atomic E-state index is 13.0. The van der Waals surface area contributed by atoms with Crippen LogP contribution in [-0.2, 0) is 10.2 Å². The highest BCUT2D eigenvalue weighted by atomic mass is 32.2. The lowest BCUT2D eigenvalue weighted by atomic mass is 10.1. The van der Waals surface area contributed by atoms with Crippen LogP contribution in [0.1, 0.15) is 44.2 Å². The Morgan fingerprint density at radius 3 is 2.56 bits per heavy atom. The van der Waals surface area contributed by atoms with E-state index in [0.717, 1.165) is 42.9 Å². The van der Waals surface area contributed by atoms with Gasteiger partial charge in [0, 0.05) is 38.8 Å². The lowest BCUT2D eigenvalue weighted by molar-refractivity contribution is 0.137. The Hall–Kier alpha value is -1.06. The third-order valence-corrected chi connectivity index (χ3v) is 9.21. The summed E-state index contributed by atoms with van der Waals surface area (Å²) in [6.45, 7) is 7.47. The van der Waals surface area contributed by atoms with Gasteiger partial charge in [0.1, 0.15) is 5.01 Å². The Labute approximate surface area is 166 Å². The minimum atomic E-state index is -3.34. The van der Waals surface area contributed by atoms with Gasteiger partial charge in [0.05, 0.1) is 16.3 Å². The summed E-state index contributed by atoms with van der Waals surface area (Å²) in [5, 5.41) is 1.11. The molecule has 0 radical (unpaired) electrons. The van der Waals surface area contributed by atoms with Gasteiger partial charge in [-0.15, -0.1) is 11.3 Å². The summed E-state index contributed by atoms with van der Waals surface area (Å²) in [7, 11) is -3.34. The molecule has 0 amide bonds. The second-order valence-corrected chi connectivity index (χ2v) is 10.5. The maximum atomic E-state index is 13.0. The Balaban J connectivity index is 1.42. The molecule has 2 fully saturated rings. The van der Waals surface area contributed by atoms with E-state index in [2.05, 4.69) is 17.9 Å². The molecule has 0 aliphatic carbocycles. The van der Waals surface area contributed by atoms with E-state index in [1.807, 2.05) is 25.1 Å². The molecule has 27 heavy (non-hydrogen) atoms. The first kappa shape index (κ1) is 19.3. The van der Waals surface area contributed by atoms with Crippen molar-refractivity contribution in [3.05, 3.63) is 29.3 Å². The van der Waals surface area contributed by atoms with Crippen molar-refractivity contribution in [2.75, 3.05) is 32.7 Å². The molecule has 0 saturated carbocycles. The van der Waals surface area contributed by atoms with Gasteiger partial charge >= 0.3 is 0 Å². The zero-order valence-electron chi connectivity index (χ0n) is 16.0. The van der Waals surface area contributed by atoms with E-state index in [9.17, 15) is 8.42 Å². The van der Waals surface area contributed by atoms with Gasteiger partial charge in [-0.2, -0.15) is 17.0 Å². The first-order valence-corrected chi connectivity index (χ1v) is 12.0. The minimum Gasteiger partial charge on any atom is -0.292 e. The zero-order chi connectivity index (χ0) is 19.0. The van der Waals surface area contributed by atoms with E-state index < -0.39 is 10.2 Å². The molecule has 2 aliphatic heterocycles. The lowest BCUT2D eigenvalue weighted by Crippen LogP contribution is -2.55. The molecule has 1 aromatic heterocycles. The van der Waals surface area contributed by atoms with Gasteiger partial charge < -0.3 is 0 Å². The van der Waals surface area contributed by atoms with Crippen LogP contribution in [0.2, 0.25) is 0 Å². The average molecular weight is 409 g/mol. The van der Waals surface area contributed by atoms with Gasteiger partial charge in [0.2, 0.25) is 0 Å². The summed E-state index contributed by atoms with van der Waals surface area (Å²) in [6.07, 6.45) is 3.06. The topological polar surface area (TPSA) is 56.8 Å². The molecule has 4 rings (SSSR count). The molecule has 6 nitrogen and oxygen atoms in total. The summed E-state index contributed by atoms with van der Waals surface area (Å²) in [6, 6.07) is 8.53. The Morgan fingerprint density at radius 1 is 1.11 bits per heavy atom. The monoisotopic (exact) mass is 408 g/mol. The molecule has 2 atom stereocenters. The molecule has 0 bridgehead atoms. The van der Waals surface area contributed by atoms with Crippen LogP contribution in [0.15, 0.2) is 24.3 Å². The van der Waals surface area contributed by atoms with E-state index in [0.29, 0.717) is 19.6 Å². The van der Waals surface area contributed by atoms with E-state index in [1.54, 1.807) is 19.9 Å². The number of aromatic nitrogens is 1. The maximum Gasteiger partial charge on any atom is 0.282 e. The van der Waals surface area contributed by atoms with Crippen molar-refractivity contribution in [3.8, 4) is 0 Å². The van der Waals surface area contributed by atoms with Crippen molar-refractivity contribution in [2.45, 2.75) is 45.2 Å². The zero-order valence-corrected chi connectivity index (χ0v) is 17.7. The van der Waals surface area contributed by atoms with Crippen molar-refractivity contribution < 1.29 is 8.42 Å². The van der Waals surface area contributed by atoms with Crippen molar-refractivity contribution >= 4 is 31.8 Å². The third-order valence-electron chi connectivity index (χ3n) is 5.85. The number of thiazole rings is 1. The van der Waals surface area contributed by atoms with Crippen LogP contribution < -0.4 is 0 Å². The summed E-state index contributed by atoms with van der Waals surface area (Å²) < 4.78 is 30.7. The number of fused-ring (bicyclic) bond motifs is 1. The van der Waals surface area contributed by atoms with Crippen molar-refractivity contribution in [3.63, 3.8) is 0 Å². The summed E-state index contributed by atoms with van der Waals surface area (Å²) >= 11 is 1.74. The molecule has 2 unspecified atom stereocenters. The molecule has 1 aromatic carbocycles. The van der Waals surface area contributed by atoms with Gasteiger partial charge in [-0.1, -0.05) is 18.6 Å². The predicted molar refractivity (Wildman–Crippen MR) is 110 cm³/mol. The Kier molecular flexibility index (Phi) is 5.53. The fraction of sp³-hybridized carbons (Fsp3) is 0.632. The normalized spacial score (nSPS) is 25.0. The van der Waals surface area contributed by atoms with E-state index in [4.69, 9.17) is 4.98 Å². The number of nitrogens with zero attached hydrogens (tertiary/aromatic N) is 4. The molecular weight excluding hydrogens is 380 g/mol. The van der Waals surface area contributed by atoms with Crippen LogP contribution >= 0.6 is 11.3 Å². The molecule has 2 aliphatic rings. The molecule has 2 saturated heterocycles. The minimum absolute atomic E-state index is 0.114. The second-order valence-electron chi connectivity index (χ2n) is 7.59. The van der Waals surface area contributed by atoms with Gasteiger partial charge in [-0.05, 0) is 38.8 Å². The van der Waals surface area contributed by atoms with Crippen LogP contribution in [0.3, 0.4) is 0 Å². The fourth-order valence-corrected chi connectivity index (χ4v) is 7.00.